The molecule has 0 aliphatic rings. The largest absolute Gasteiger partial charge is 0.420 e. The third kappa shape index (κ3) is 3.64. The highest BCUT2D eigenvalue weighted by atomic mass is 35.5. The van der Waals surface area contributed by atoms with Crippen molar-refractivity contribution < 1.29 is 18.0 Å². The molecule has 8 heteroatoms. The van der Waals surface area contributed by atoms with E-state index in [1.54, 1.807) is 13.0 Å². The van der Waals surface area contributed by atoms with Crippen LogP contribution in [-0.2, 0) is 0 Å². The minimum atomic E-state index is -0.888. The summed E-state index contributed by atoms with van der Waals surface area (Å²) in [7, 11) is 0. The Morgan fingerprint density at radius 2 is 1.93 bits per heavy atom. The van der Waals surface area contributed by atoms with Crippen molar-refractivity contribution in [2.75, 3.05) is 0 Å². The number of nitrogens with zero attached hydrogens (tertiary/aromatic N) is 2. The molecule has 3 rings (SSSR count). The third-order valence-electron chi connectivity index (χ3n) is 4.04. The number of nitrogens with one attached hydrogen (secondary N) is 1. The number of Topliss-reactive ketones (excluding diaryl/α,β-unsaturated/α-hetero) is 1. The van der Waals surface area contributed by atoms with Gasteiger partial charge in [0.1, 0.15) is 5.82 Å². The fraction of sp³-hybridized carbons (Fsp3) is 0.158. The van der Waals surface area contributed by atoms with E-state index in [9.17, 15) is 13.6 Å². The number of halogens is 3. The highest BCUT2D eigenvalue weighted by molar-refractivity contribution is 6.47. The fourth-order valence-electron chi connectivity index (χ4n) is 2.60. The van der Waals surface area contributed by atoms with E-state index < -0.39 is 29.0 Å². The van der Waals surface area contributed by atoms with Crippen LogP contribution in [0.2, 0.25) is 5.02 Å². The van der Waals surface area contributed by atoms with Gasteiger partial charge in [0.25, 0.3) is 5.89 Å². The van der Waals surface area contributed by atoms with Crippen LogP contribution in [0.15, 0.2) is 46.9 Å². The lowest BCUT2D eigenvalue weighted by molar-refractivity contribution is 0.105. The Labute approximate surface area is 158 Å². The maximum absolute atomic E-state index is 14.1. The summed E-state index contributed by atoms with van der Waals surface area (Å²) in [5.74, 6) is -3.18. The van der Waals surface area contributed by atoms with Crippen molar-refractivity contribution in [3.8, 4) is 11.5 Å². The van der Waals surface area contributed by atoms with E-state index in [-0.39, 0.29) is 34.4 Å². The highest BCUT2D eigenvalue weighted by Crippen LogP contribution is 2.28. The zero-order valence-electron chi connectivity index (χ0n) is 14.2. The van der Waals surface area contributed by atoms with E-state index in [1.165, 1.54) is 36.4 Å². The van der Waals surface area contributed by atoms with Crippen molar-refractivity contribution in [1.29, 1.82) is 5.41 Å². The van der Waals surface area contributed by atoms with Crippen LogP contribution in [0.3, 0.4) is 0 Å². The second-order valence-electron chi connectivity index (χ2n) is 5.73. The van der Waals surface area contributed by atoms with Crippen molar-refractivity contribution in [2.45, 2.75) is 19.3 Å². The van der Waals surface area contributed by atoms with E-state index >= 15 is 0 Å². The zero-order chi connectivity index (χ0) is 19.6. The second kappa shape index (κ2) is 7.75. The Bertz CT molecular complexity index is 1020. The van der Waals surface area contributed by atoms with Gasteiger partial charge in [-0.3, -0.25) is 4.79 Å². The Hall–Kier alpha value is -2.93. The number of hydrogen-bond acceptors (Lipinski definition) is 5. The average molecular weight is 390 g/mol. The number of carbonyl (C=O) groups is 1. The van der Waals surface area contributed by atoms with Gasteiger partial charge in [0, 0.05) is 0 Å². The number of carbonyl (C=O) groups excluding carboxylic acids is 1. The molecule has 1 atom stereocenters. The molecule has 0 aliphatic heterocycles. The smallest absolute Gasteiger partial charge is 0.250 e. The first-order chi connectivity index (χ1) is 12.9. The van der Waals surface area contributed by atoms with Gasteiger partial charge < -0.3 is 9.83 Å². The highest BCUT2D eigenvalue weighted by Gasteiger charge is 2.29. The van der Waals surface area contributed by atoms with Crippen LogP contribution >= 0.6 is 11.6 Å². The molecule has 1 N–H and O–H groups in total. The Morgan fingerprint density at radius 1 is 1.19 bits per heavy atom. The monoisotopic (exact) mass is 389 g/mol. The SMILES string of the molecule is CCC(C(=N)C(=O)c1cccc(Cl)c1F)c1nnc(-c2ccccc2F)o1. The van der Waals surface area contributed by atoms with E-state index in [0.717, 1.165) is 0 Å². The maximum atomic E-state index is 14.1. The fourth-order valence-corrected chi connectivity index (χ4v) is 2.78. The Balaban J connectivity index is 1.91. The van der Waals surface area contributed by atoms with Gasteiger partial charge in [-0.05, 0) is 30.7 Å². The molecule has 5 nitrogen and oxygen atoms in total. The van der Waals surface area contributed by atoms with Gasteiger partial charge in [0.15, 0.2) is 5.82 Å². The van der Waals surface area contributed by atoms with Crippen molar-refractivity contribution in [3.05, 3.63) is 70.6 Å². The molecule has 0 saturated heterocycles. The van der Waals surface area contributed by atoms with Crippen molar-refractivity contribution in [3.63, 3.8) is 0 Å². The first-order valence-corrected chi connectivity index (χ1v) is 8.47. The summed E-state index contributed by atoms with van der Waals surface area (Å²) < 4.78 is 33.5. The molecule has 2 aromatic carbocycles. The minimum Gasteiger partial charge on any atom is -0.420 e. The predicted molar refractivity (Wildman–Crippen MR) is 96.2 cm³/mol. The Morgan fingerprint density at radius 3 is 2.63 bits per heavy atom. The molecule has 3 aromatic rings. The molecule has 0 aliphatic carbocycles. The molecular weight excluding hydrogens is 376 g/mol. The summed E-state index contributed by atoms with van der Waals surface area (Å²) in [5.41, 5.74) is -0.605. The number of benzene rings is 2. The third-order valence-corrected chi connectivity index (χ3v) is 4.33. The second-order valence-corrected chi connectivity index (χ2v) is 6.14. The molecule has 27 heavy (non-hydrogen) atoms. The number of ketones is 1. The van der Waals surface area contributed by atoms with Crippen LogP contribution in [0.25, 0.3) is 11.5 Å². The van der Waals surface area contributed by atoms with Gasteiger partial charge in [-0.1, -0.05) is 36.7 Å². The van der Waals surface area contributed by atoms with Crippen LogP contribution in [0.1, 0.15) is 35.5 Å². The average Bonchev–Trinajstić information content (AvgIpc) is 3.14. The van der Waals surface area contributed by atoms with Crippen LogP contribution < -0.4 is 0 Å². The number of rotatable bonds is 6. The van der Waals surface area contributed by atoms with E-state index in [2.05, 4.69) is 10.2 Å². The predicted octanol–water partition coefficient (Wildman–Crippen LogP) is 5.06. The summed E-state index contributed by atoms with van der Waals surface area (Å²) in [5, 5.41) is 15.6. The summed E-state index contributed by atoms with van der Waals surface area (Å²) in [6.45, 7) is 1.72. The van der Waals surface area contributed by atoms with Crippen LogP contribution in [0.5, 0.6) is 0 Å². The molecule has 0 saturated carbocycles. The number of aromatic nitrogens is 2. The first-order valence-electron chi connectivity index (χ1n) is 8.09. The van der Waals surface area contributed by atoms with E-state index in [1.807, 2.05) is 0 Å². The van der Waals surface area contributed by atoms with E-state index in [0.29, 0.717) is 0 Å². The van der Waals surface area contributed by atoms with Gasteiger partial charge in [-0.25, -0.2) is 8.78 Å². The van der Waals surface area contributed by atoms with Gasteiger partial charge in [-0.2, -0.15) is 0 Å². The molecule has 0 bridgehead atoms. The topological polar surface area (TPSA) is 79.8 Å². The summed E-state index contributed by atoms with van der Waals surface area (Å²) in [4.78, 5) is 12.5. The number of hydrogen-bond donors (Lipinski definition) is 1. The summed E-state index contributed by atoms with van der Waals surface area (Å²) >= 11 is 5.70. The van der Waals surface area contributed by atoms with Gasteiger partial charge >= 0.3 is 0 Å². The van der Waals surface area contributed by atoms with Crippen LogP contribution in [0, 0.1) is 17.0 Å². The minimum absolute atomic E-state index is 0.0171. The van der Waals surface area contributed by atoms with Crippen LogP contribution in [0.4, 0.5) is 8.78 Å². The van der Waals surface area contributed by atoms with Gasteiger partial charge in [-0.15, -0.1) is 10.2 Å². The van der Waals surface area contributed by atoms with E-state index in [4.69, 9.17) is 21.4 Å². The molecular formula is C19H14ClF2N3O2. The molecule has 138 valence electrons. The lowest BCUT2D eigenvalue weighted by Crippen LogP contribution is -2.22. The van der Waals surface area contributed by atoms with Crippen LogP contribution in [-0.4, -0.2) is 21.7 Å². The Kier molecular flexibility index (Phi) is 5.41. The first kappa shape index (κ1) is 18.8. The van der Waals surface area contributed by atoms with Crippen molar-refractivity contribution in [1.82, 2.24) is 10.2 Å². The lowest BCUT2D eigenvalue weighted by atomic mass is 9.93. The molecule has 0 spiro atoms. The zero-order valence-corrected chi connectivity index (χ0v) is 14.9. The summed E-state index contributed by atoms with van der Waals surface area (Å²) in [6.07, 6.45) is 0.283. The summed E-state index contributed by atoms with van der Waals surface area (Å²) in [6, 6.07) is 9.87. The molecule has 0 amide bonds. The van der Waals surface area contributed by atoms with Crippen molar-refractivity contribution >= 4 is 23.1 Å². The van der Waals surface area contributed by atoms with Gasteiger partial charge in [0.05, 0.1) is 27.8 Å². The maximum Gasteiger partial charge on any atom is 0.250 e. The molecule has 0 radical (unpaired) electrons. The molecule has 1 unspecified atom stereocenters. The normalized spacial score (nSPS) is 12.0. The molecule has 1 aromatic heterocycles. The van der Waals surface area contributed by atoms with Gasteiger partial charge in [0.2, 0.25) is 11.7 Å². The van der Waals surface area contributed by atoms with Crippen molar-refractivity contribution in [2.24, 2.45) is 0 Å². The molecule has 0 fully saturated rings. The standard InChI is InChI=1S/C19H14ClF2N3O2/c1-2-10(16(23)17(26)12-7-5-8-13(20)15(12)22)18-24-25-19(27-18)11-6-3-4-9-14(11)21/h3-10,23H,2H2,1H3. The quantitative estimate of drug-likeness (QED) is 0.471. The molecule has 1 heterocycles. The lowest BCUT2D eigenvalue weighted by Gasteiger charge is -2.12.